The summed E-state index contributed by atoms with van der Waals surface area (Å²) in [5, 5.41) is 0. The van der Waals surface area contributed by atoms with Crippen molar-refractivity contribution in [2.45, 2.75) is 240 Å². The number of carbonyl (C=O) groups excluding carboxylic acids is 5. The minimum absolute atomic E-state index is 0.0574. The highest BCUT2D eigenvalue weighted by atomic mass is 33.1. The molecular weight excluding hydrogens is 1180 g/mol. The summed E-state index contributed by atoms with van der Waals surface area (Å²) in [7, 11) is 13.0. The number of hydrogen-bond donors (Lipinski definition) is 0. The van der Waals surface area contributed by atoms with Crippen LogP contribution in [-0.2, 0) is 47.6 Å². The molecule has 0 radical (unpaired) electrons. The number of carbonyl (C=O) groups is 5. The minimum Gasteiger partial charge on any atom is -0.465 e. The van der Waals surface area contributed by atoms with Gasteiger partial charge in [-0.3, -0.25) is 19.2 Å². The van der Waals surface area contributed by atoms with E-state index in [4.69, 9.17) is 28.4 Å². The van der Waals surface area contributed by atoms with E-state index in [-0.39, 0.29) is 56.8 Å². The highest BCUT2D eigenvalue weighted by Gasteiger charge is 2.17. The molecule has 0 N–H and O–H groups in total. The van der Waals surface area contributed by atoms with Gasteiger partial charge in [-0.25, -0.2) is 4.79 Å². The van der Waals surface area contributed by atoms with Crippen LogP contribution in [0.1, 0.15) is 240 Å². The van der Waals surface area contributed by atoms with Gasteiger partial charge in [-0.15, -0.1) is 0 Å². The molecule has 1 atom stereocenters. The van der Waals surface area contributed by atoms with Crippen molar-refractivity contribution in [3.63, 3.8) is 0 Å². The number of unbranched alkanes of at least 4 members (excludes halogenated alkanes) is 19. The molecule has 0 saturated carbocycles. The molecule has 0 aromatic heterocycles. The fourth-order valence-electron chi connectivity index (χ4n) is 9.12. The smallest absolute Gasteiger partial charge is 0.465 e. The Hall–Kier alpha value is -0.870. The van der Waals surface area contributed by atoms with E-state index in [2.05, 4.69) is 56.4 Å². The van der Waals surface area contributed by atoms with Gasteiger partial charge in [0, 0.05) is 60.7 Å². The molecule has 0 fully saturated rings. The Morgan fingerprint density at radius 1 is 0.310 bits per heavy atom. The Labute approximate surface area is 537 Å². The van der Waals surface area contributed by atoms with Crippen molar-refractivity contribution >= 4 is 94.8 Å². The van der Waals surface area contributed by atoms with Gasteiger partial charge >= 0.3 is 30.0 Å². The van der Waals surface area contributed by atoms with Gasteiger partial charge in [0.05, 0.1) is 32.3 Å². The van der Waals surface area contributed by atoms with E-state index >= 15 is 0 Å². The van der Waals surface area contributed by atoms with E-state index in [9.17, 15) is 24.0 Å². The largest absolute Gasteiger partial charge is 0.508 e. The van der Waals surface area contributed by atoms with Crippen LogP contribution < -0.4 is 0 Å². The van der Waals surface area contributed by atoms with Crippen molar-refractivity contribution in [3.05, 3.63) is 0 Å². The van der Waals surface area contributed by atoms with Gasteiger partial charge in [0.15, 0.2) is 0 Å². The minimum atomic E-state index is -0.733. The van der Waals surface area contributed by atoms with Crippen molar-refractivity contribution in [1.29, 1.82) is 0 Å². The van der Waals surface area contributed by atoms with Crippen molar-refractivity contribution in [2.24, 2.45) is 5.92 Å². The predicted molar refractivity (Wildman–Crippen MR) is 366 cm³/mol. The van der Waals surface area contributed by atoms with Gasteiger partial charge in [0.25, 0.3) is 0 Å². The van der Waals surface area contributed by atoms with Crippen LogP contribution in [-0.4, -0.2) is 178 Å². The van der Waals surface area contributed by atoms with Gasteiger partial charge in [-0.2, -0.15) is 0 Å². The third kappa shape index (κ3) is 61.4. The van der Waals surface area contributed by atoms with E-state index in [0.29, 0.717) is 65.1 Å². The average Bonchev–Trinajstić information content (AvgIpc) is 3.51. The third-order valence-electron chi connectivity index (χ3n) is 14.3. The Morgan fingerprint density at radius 3 is 1.00 bits per heavy atom. The van der Waals surface area contributed by atoms with Crippen molar-refractivity contribution in [3.8, 4) is 0 Å². The Balaban J connectivity index is 5.23. The van der Waals surface area contributed by atoms with E-state index in [1.54, 1.807) is 32.4 Å². The highest BCUT2D eigenvalue weighted by Crippen LogP contribution is 2.25. The normalized spacial score (nSPS) is 11.9. The Kier molecular flexibility index (Phi) is 65.9. The first-order valence-corrected chi connectivity index (χ1v) is 40.8. The second kappa shape index (κ2) is 66.5. The third-order valence-corrected chi connectivity index (χ3v) is 21.6. The molecule has 0 rings (SSSR count). The zero-order valence-corrected chi connectivity index (χ0v) is 59.0. The molecule has 0 aliphatic rings. The summed E-state index contributed by atoms with van der Waals surface area (Å²) in [4.78, 5) is 70.5. The Morgan fingerprint density at radius 2 is 0.619 bits per heavy atom. The summed E-state index contributed by atoms with van der Waals surface area (Å²) in [5.74, 6) is 4.92. The van der Waals surface area contributed by atoms with Gasteiger partial charge in [0.2, 0.25) is 0 Å². The molecule has 14 nitrogen and oxygen atoms in total. The van der Waals surface area contributed by atoms with Crippen molar-refractivity contribution in [2.75, 3.05) is 134 Å². The maximum Gasteiger partial charge on any atom is 0.508 e. The molecular formula is C64H123N3O11S6. The quantitative estimate of drug-likeness (QED) is 0.0246. The molecule has 0 spiro atoms. The summed E-state index contributed by atoms with van der Waals surface area (Å²) in [6.45, 7) is 17.4. The predicted octanol–water partition coefficient (Wildman–Crippen LogP) is 17.2. The van der Waals surface area contributed by atoms with Gasteiger partial charge < -0.3 is 43.1 Å². The molecule has 0 amide bonds. The SMILES string of the molecule is CCCCCCCCSSCCOC(=O)CCN(CCCN(C)CCCN(CCC(=O)OCCSSCCCCCCCC)CCC(=O)OCCSSCCCCCCCC)CCC(=O)OCCOC(=O)OCC(CCCC)CCCCCC. The van der Waals surface area contributed by atoms with Gasteiger partial charge in [0.1, 0.15) is 33.0 Å². The lowest BCUT2D eigenvalue weighted by atomic mass is 9.96. The van der Waals surface area contributed by atoms with Gasteiger partial charge in [-0.1, -0.05) is 234 Å². The summed E-state index contributed by atoms with van der Waals surface area (Å²) < 4.78 is 33.0. The lowest BCUT2D eigenvalue weighted by molar-refractivity contribution is -0.146. The van der Waals surface area contributed by atoms with Crippen LogP contribution >= 0.6 is 64.8 Å². The zero-order valence-electron chi connectivity index (χ0n) is 54.1. The summed E-state index contributed by atoms with van der Waals surface area (Å²) in [6, 6.07) is 0. The number of ether oxygens (including phenoxy) is 6. The van der Waals surface area contributed by atoms with Crippen LogP contribution in [0, 0.1) is 5.92 Å². The molecule has 496 valence electrons. The number of hydrogen-bond acceptors (Lipinski definition) is 20. The maximum atomic E-state index is 12.9. The standard InChI is InChI=1S/C64H123N3O11S6/c1-7-12-17-21-24-28-52-79-82-55-49-74-61(69)36-44-66(43-35-60(68)73-47-48-77-64(72)78-58-59(33-16-11-5)34-27-20-15-10-4)41-31-39-65(6)40-32-42-67(45-37-62(70)75-50-56-83-80-53-29-25-22-18-13-8-2)46-38-63(71)76-51-57-84-81-54-30-26-23-19-14-9-3/h59H,7-58H2,1-6H3. The molecule has 84 heavy (non-hydrogen) atoms. The topological polar surface area (TPSA) is 150 Å². The first kappa shape index (κ1) is 83.1. The van der Waals surface area contributed by atoms with Crippen molar-refractivity contribution < 1.29 is 52.4 Å². The van der Waals surface area contributed by atoms with Crippen LogP contribution in [0.3, 0.4) is 0 Å². The second-order valence-electron chi connectivity index (χ2n) is 22.1. The van der Waals surface area contributed by atoms with E-state index in [0.717, 1.165) is 99.1 Å². The monoisotopic (exact) mass is 1300 g/mol. The van der Waals surface area contributed by atoms with Crippen molar-refractivity contribution in [1.82, 2.24) is 14.7 Å². The summed E-state index contributed by atoms with van der Waals surface area (Å²) >= 11 is 0. The molecule has 0 aromatic rings. The number of esters is 4. The fourth-order valence-corrected chi connectivity index (χ4v) is 15.0. The first-order valence-electron chi connectivity index (χ1n) is 33.4. The number of rotatable bonds is 66. The van der Waals surface area contributed by atoms with Crippen LogP contribution in [0.15, 0.2) is 0 Å². The first-order chi connectivity index (χ1) is 41.1. The van der Waals surface area contributed by atoms with Crippen LogP contribution in [0.4, 0.5) is 4.79 Å². The molecule has 0 bridgehead atoms. The summed E-state index contributed by atoms with van der Waals surface area (Å²) in [5.41, 5.74) is 0. The lowest BCUT2D eigenvalue weighted by Gasteiger charge is -2.25. The van der Waals surface area contributed by atoms with Gasteiger partial charge in [-0.05, 0) is 84.1 Å². The molecule has 1 unspecified atom stereocenters. The summed E-state index contributed by atoms with van der Waals surface area (Å²) in [6.07, 6.45) is 34.0. The molecule has 20 heteroatoms. The number of nitrogens with zero attached hydrogens (tertiary/aromatic N) is 3. The van der Waals surface area contributed by atoms with Crippen LogP contribution in [0.25, 0.3) is 0 Å². The Bertz CT molecular complexity index is 1460. The average molecular weight is 1300 g/mol. The van der Waals surface area contributed by atoms with Crippen LogP contribution in [0.5, 0.6) is 0 Å². The highest BCUT2D eigenvalue weighted by molar-refractivity contribution is 8.77. The zero-order chi connectivity index (χ0) is 61.5. The maximum absolute atomic E-state index is 12.9. The molecule has 0 saturated heterocycles. The molecule has 0 aliphatic heterocycles. The molecule has 0 aromatic carbocycles. The second-order valence-corrected chi connectivity index (χ2v) is 30.2. The van der Waals surface area contributed by atoms with E-state index in [1.807, 2.05) is 32.4 Å². The fraction of sp³-hybridized carbons (Fsp3) is 0.922. The molecule has 0 aliphatic carbocycles. The van der Waals surface area contributed by atoms with E-state index < -0.39 is 12.1 Å². The molecule has 0 heterocycles. The lowest BCUT2D eigenvalue weighted by Crippen LogP contribution is -2.34. The van der Waals surface area contributed by atoms with E-state index in [1.165, 1.54) is 135 Å². The van der Waals surface area contributed by atoms with Crippen LogP contribution in [0.2, 0.25) is 0 Å².